The molecule has 0 unspecified atom stereocenters. The Morgan fingerprint density at radius 1 is 1.47 bits per heavy atom. The molecule has 0 fully saturated rings. The fourth-order valence-electron chi connectivity index (χ4n) is 1.78. The van der Waals surface area contributed by atoms with Crippen LogP contribution in [0.15, 0.2) is 30.5 Å². The topological polar surface area (TPSA) is 82.2 Å². The van der Waals surface area contributed by atoms with Gasteiger partial charge in [-0.2, -0.15) is 5.10 Å². The quantitative estimate of drug-likeness (QED) is 0.641. The SMILES string of the molecule is COC(=O)c1cccc(N)c1NCc1ccn(C)n1. The van der Waals surface area contributed by atoms with Crippen LogP contribution in [0.3, 0.4) is 0 Å². The highest BCUT2D eigenvalue weighted by molar-refractivity contribution is 5.98. The van der Waals surface area contributed by atoms with Gasteiger partial charge in [0.2, 0.25) is 0 Å². The summed E-state index contributed by atoms with van der Waals surface area (Å²) in [6, 6.07) is 7.01. The Kier molecular flexibility index (Phi) is 3.70. The number of ether oxygens (including phenoxy) is 1. The minimum absolute atomic E-state index is 0.415. The van der Waals surface area contributed by atoms with Crippen LogP contribution in [0.5, 0.6) is 0 Å². The number of hydrogen-bond acceptors (Lipinski definition) is 5. The second kappa shape index (κ2) is 5.43. The molecular weight excluding hydrogens is 244 g/mol. The molecule has 2 rings (SSSR count). The van der Waals surface area contributed by atoms with Gasteiger partial charge in [0, 0.05) is 13.2 Å². The zero-order valence-corrected chi connectivity index (χ0v) is 10.9. The van der Waals surface area contributed by atoms with Gasteiger partial charge in [0.15, 0.2) is 0 Å². The maximum absolute atomic E-state index is 11.7. The van der Waals surface area contributed by atoms with Gasteiger partial charge in [-0.15, -0.1) is 0 Å². The molecule has 0 amide bonds. The minimum atomic E-state index is -0.421. The molecule has 1 aromatic carbocycles. The molecular formula is C13H16N4O2. The maximum atomic E-state index is 11.7. The van der Waals surface area contributed by atoms with Crippen molar-refractivity contribution in [2.45, 2.75) is 6.54 Å². The number of anilines is 2. The van der Waals surface area contributed by atoms with Crippen LogP contribution in [0.2, 0.25) is 0 Å². The molecule has 1 aromatic heterocycles. The number of nitrogens with two attached hydrogens (primary N) is 1. The first-order valence-electron chi connectivity index (χ1n) is 5.81. The highest BCUT2D eigenvalue weighted by atomic mass is 16.5. The third kappa shape index (κ3) is 2.85. The number of nitrogens with zero attached hydrogens (tertiary/aromatic N) is 2. The molecule has 0 aliphatic carbocycles. The molecule has 6 heteroatoms. The number of carbonyl (C=O) groups is 1. The van der Waals surface area contributed by atoms with Gasteiger partial charge < -0.3 is 15.8 Å². The lowest BCUT2D eigenvalue weighted by Gasteiger charge is -2.12. The Morgan fingerprint density at radius 2 is 2.26 bits per heavy atom. The fourth-order valence-corrected chi connectivity index (χ4v) is 1.78. The lowest BCUT2D eigenvalue weighted by Crippen LogP contribution is -2.10. The first-order valence-corrected chi connectivity index (χ1v) is 5.81. The van der Waals surface area contributed by atoms with Gasteiger partial charge in [-0.05, 0) is 18.2 Å². The number of hydrogen-bond donors (Lipinski definition) is 2. The smallest absolute Gasteiger partial charge is 0.340 e. The normalized spacial score (nSPS) is 10.2. The van der Waals surface area contributed by atoms with Gasteiger partial charge in [-0.25, -0.2) is 4.79 Å². The first-order chi connectivity index (χ1) is 9.11. The van der Waals surface area contributed by atoms with Gasteiger partial charge in [0.25, 0.3) is 0 Å². The molecule has 2 aromatic rings. The van der Waals surface area contributed by atoms with Crippen LogP contribution in [-0.2, 0) is 18.3 Å². The van der Waals surface area contributed by atoms with E-state index in [4.69, 9.17) is 10.5 Å². The summed E-state index contributed by atoms with van der Waals surface area (Å²) in [7, 11) is 3.19. The molecule has 100 valence electrons. The van der Waals surface area contributed by atoms with Crippen molar-refractivity contribution < 1.29 is 9.53 Å². The highest BCUT2D eigenvalue weighted by Crippen LogP contribution is 2.24. The molecule has 1 heterocycles. The molecule has 0 saturated carbocycles. The van der Waals surface area contributed by atoms with Crippen LogP contribution in [0.1, 0.15) is 16.1 Å². The Morgan fingerprint density at radius 3 is 2.89 bits per heavy atom. The Bertz CT molecular complexity index is 592. The van der Waals surface area contributed by atoms with Crippen LogP contribution < -0.4 is 11.1 Å². The molecule has 0 radical (unpaired) electrons. The minimum Gasteiger partial charge on any atom is -0.465 e. The van der Waals surface area contributed by atoms with Crippen LogP contribution in [0.25, 0.3) is 0 Å². The molecule has 6 nitrogen and oxygen atoms in total. The predicted molar refractivity (Wildman–Crippen MR) is 72.7 cm³/mol. The Labute approximate surface area is 111 Å². The van der Waals surface area contributed by atoms with Crippen molar-refractivity contribution in [3.05, 3.63) is 41.7 Å². The van der Waals surface area contributed by atoms with E-state index < -0.39 is 5.97 Å². The van der Waals surface area contributed by atoms with E-state index >= 15 is 0 Å². The highest BCUT2D eigenvalue weighted by Gasteiger charge is 2.14. The first kappa shape index (κ1) is 12.9. The number of para-hydroxylation sites is 1. The van der Waals surface area contributed by atoms with Crippen LogP contribution in [-0.4, -0.2) is 22.9 Å². The van der Waals surface area contributed by atoms with Crippen molar-refractivity contribution in [2.24, 2.45) is 7.05 Å². The van der Waals surface area contributed by atoms with E-state index in [0.29, 0.717) is 23.5 Å². The predicted octanol–water partition coefficient (Wildman–Crippen LogP) is 1.40. The van der Waals surface area contributed by atoms with Crippen LogP contribution in [0, 0.1) is 0 Å². The maximum Gasteiger partial charge on any atom is 0.340 e. The monoisotopic (exact) mass is 260 g/mol. The van der Waals surface area contributed by atoms with Gasteiger partial charge >= 0.3 is 5.97 Å². The van der Waals surface area contributed by atoms with Crippen molar-refractivity contribution in [2.75, 3.05) is 18.2 Å². The third-order valence-electron chi connectivity index (χ3n) is 2.72. The van der Waals surface area contributed by atoms with Crippen molar-refractivity contribution in [3.63, 3.8) is 0 Å². The van der Waals surface area contributed by atoms with Crippen molar-refractivity contribution >= 4 is 17.3 Å². The average molecular weight is 260 g/mol. The number of esters is 1. The lowest BCUT2D eigenvalue weighted by molar-refractivity contribution is 0.0602. The molecule has 19 heavy (non-hydrogen) atoms. The van der Waals surface area contributed by atoms with E-state index in [1.54, 1.807) is 22.9 Å². The number of aryl methyl sites for hydroxylation is 1. The summed E-state index contributed by atoms with van der Waals surface area (Å²) >= 11 is 0. The number of methoxy groups -OCH3 is 1. The molecule has 3 N–H and O–H groups in total. The molecule has 0 atom stereocenters. The standard InChI is InChI=1S/C13H16N4O2/c1-17-7-6-9(16-17)8-15-12-10(13(18)19-2)4-3-5-11(12)14/h3-7,15H,8,14H2,1-2H3. The summed E-state index contributed by atoms with van der Waals surface area (Å²) < 4.78 is 6.45. The number of nitrogen functional groups attached to an aromatic ring is 1. The summed E-state index contributed by atoms with van der Waals surface area (Å²) in [5, 5.41) is 7.37. The molecule has 0 saturated heterocycles. The van der Waals surface area contributed by atoms with E-state index in [-0.39, 0.29) is 0 Å². The second-order valence-corrected chi connectivity index (χ2v) is 4.10. The molecule has 0 bridgehead atoms. The summed E-state index contributed by atoms with van der Waals surface area (Å²) in [5.41, 5.74) is 8.23. The van der Waals surface area contributed by atoms with Crippen LogP contribution >= 0.6 is 0 Å². The average Bonchev–Trinajstić information content (AvgIpc) is 2.82. The Balaban J connectivity index is 2.21. The number of carbonyl (C=O) groups excluding carboxylic acids is 1. The molecule has 0 spiro atoms. The van der Waals surface area contributed by atoms with E-state index in [2.05, 4.69) is 10.4 Å². The molecule has 0 aliphatic heterocycles. The van der Waals surface area contributed by atoms with E-state index in [1.807, 2.05) is 19.3 Å². The van der Waals surface area contributed by atoms with Crippen molar-refractivity contribution in [1.29, 1.82) is 0 Å². The third-order valence-corrected chi connectivity index (χ3v) is 2.72. The molecule has 0 aliphatic rings. The van der Waals surface area contributed by atoms with Crippen LogP contribution in [0.4, 0.5) is 11.4 Å². The number of nitrogens with one attached hydrogen (secondary N) is 1. The van der Waals surface area contributed by atoms with Crippen molar-refractivity contribution in [3.8, 4) is 0 Å². The summed E-state index contributed by atoms with van der Waals surface area (Å²) in [4.78, 5) is 11.7. The zero-order chi connectivity index (χ0) is 13.8. The van der Waals surface area contributed by atoms with Gasteiger partial charge in [-0.3, -0.25) is 4.68 Å². The lowest BCUT2D eigenvalue weighted by atomic mass is 10.1. The number of aromatic nitrogens is 2. The number of rotatable bonds is 4. The Hall–Kier alpha value is -2.50. The zero-order valence-electron chi connectivity index (χ0n) is 10.9. The largest absolute Gasteiger partial charge is 0.465 e. The van der Waals surface area contributed by atoms with Crippen molar-refractivity contribution in [1.82, 2.24) is 9.78 Å². The van der Waals surface area contributed by atoms with E-state index in [9.17, 15) is 4.79 Å². The van der Waals surface area contributed by atoms with E-state index in [0.717, 1.165) is 5.69 Å². The number of benzene rings is 1. The summed E-state index contributed by atoms with van der Waals surface area (Å²) in [6.45, 7) is 0.485. The van der Waals surface area contributed by atoms with E-state index in [1.165, 1.54) is 7.11 Å². The second-order valence-electron chi connectivity index (χ2n) is 4.10. The van der Waals surface area contributed by atoms with Gasteiger partial charge in [0.05, 0.1) is 36.3 Å². The fraction of sp³-hybridized carbons (Fsp3) is 0.231. The van der Waals surface area contributed by atoms with Gasteiger partial charge in [0.1, 0.15) is 0 Å². The summed E-state index contributed by atoms with van der Waals surface area (Å²) in [5.74, 6) is -0.421. The van der Waals surface area contributed by atoms with Gasteiger partial charge in [-0.1, -0.05) is 6.07 Å². The summed E-state index contributed by atoms with van der Waals surface area (Å²) in [6.07, 6.45) is 1.85.